The Labute approximate surface area is 142 Å². The van der Waals surface area contributed by atoms with Crippen LogP contribution >= 0.6 is 12.4 Å². The van der Waals surface area contributed by atoms with Gasteiger partial charge in [0.15, 0.2) is 0 Å². The molecule has 1 saturated heterocycles. The number of nitrogens with zero attached hydrogens (tertiary/aromatic N) is 1. The van der Waals surface area contributed by atoms with Gasteiger partial charge in [0.2, 0.25) is 5.91 Å². The number of amides is 2. The SMILES string of the molecule is Cl.NC(CNC(=O)C1CCN(C(=O)c2ccoc2)CC1)C1CC1. The molecule has 3 rings (SSSR count). The highest BCUT2D eigenvalue weighted by Gasteiger charge is 2.31. The van der Waals surface area contributed by atoms with Crippen LogP contribution in [0.1, 0.15) is 36.0 Å². The lowest BCUT2D eigenvalue weighted by Crippen LogP contribution is -2.45. The summed E-state index contributed by atoms with van der Waals surface area (Å²) in [6, 6.07) is 1.76. The van der Waals surface area contributed by atoms with Crippen LogP contribution in [-0.4, -0.2) is 42.4 Å². The summed E-state index contributed by atoms with van der Waals surface area (Å²) in [6.45, 7) is 1.78. The van der Waals surface area contributed by atoms with Crippen LogP contribution in [0.2, 0.25) is 0 Å². The molecule has 2 fully saturated rings. The topological polar surface area (TPSA) is 88.6 Å². The van der Waals surface area contributed by atoms with Gasteiger partial charge in [-0.15, -0.1) is 12.4 Å². The molecule has 0 radical (unpaired) electrons. The van der Waals surface area contributed by atoms with E-state index in [4.69, 9.17) is 10.2 Å². The van der Waals surface area contributed by atoms with Crippen LogP contribution in [0, 0.1) is 11.8 Å². The number of piperidine rings is 1. The second-order valence-electron chi connectivity index (χ2n) is 6.32. The number of likely N-dealkylation sites (tertiary alicyclic amines) is 1. The first kappa shape index (κ1) is 17.8. The highest BCUT2D eigenvalue weighted by Crippen LogP contribution is 2.31. The van der Waals surface area contributed by atoms with Gasteiger partial charge in [0, 0.05) is 31.6 Å². The van der Waals surface area contributed by atoms with E-state index in [9.17, 15) is 9.59 Å². The second-order valence-corrected chi connectivity index (χ2v) is 6.32. The largest absolute Gasteiger partial charge is 0.472 e. The van der Waals surface area contributed by atoms with Crippen molar-refractivity contribution < 1.29 is 14.0 Å². The van der Waals surface area contributed by atoms with Gasteiger partial charge < -0.3 is 20.4 Å². The molecule has 1 saturated carbocycles. The minimum absolute atomic E-state index is 0. The molecule has 2 aliphatic rings. The van der Waals surface area contributed by atoms with Crippen LogP contribution in [0.25, 0.3) is 0 Å². The van der Waals surface area contributed by atoms with Crippen molar-refractivity contribution in [2.75, 3.05) is 19.6 Å². The third-order valence-electron chi connectivity index (χ3n) is 4.66. The standard InChI is InChI=1S/C16H23N3O3.ClH/c17-14(11-1-2-11)9-18-15(20)12-3-6-19(7-4-12)16(21)13-5-8-22-10-13;/h5,8,10-12,14H,1-4,6-7,9,17H2,(H,18,20);1H. The molecule has 1 atom stereocenters. The smallest absolute Gasteiger partial charge is 0.257 e. The summed E-state index contributed by atoms with van der Waals surface area (Å²) in [5.41, 5.74) is 6.56. The maximum Gasteiger partial charge on any atom is 0.257 e. The molecule has 7 heteroatoms. The first-order valence-corrected chi connectivity index (χ1v) is 8.00. The van der Waals surface area contributed by atoms with Gasteiger partial charge in [-0.2, -0.15) is 0 Å². The highest BCUT2D eigenvalue weighted by molar-refractivity contribution is 5.94. The van der Waals surface area contributed by atoms with E-state index in [1.54, 1.807) is 11.0 Å². The minimum Gasteiger partial charge on any atom is -0.472 e. The Balaban J connectivity index is 0.00000192. The van der Waals surface area contributed by atoms with E-state index in [1.807, 2.05) is 0 Å². The van der Waals surface area contributed by atoms with Crippen molar-refractivity contribution in [3.05, 3.63) is 24.2 Å². The molecule has 1 unspecified atom stereocenters. The zero-order valence-corrected chi connectivity index (χ0v) is 13.9. The Hall–Kier alpha value is -1.53. The molecule has 1 aromatic heterocycles. The molecule has 0 spiro atoms. The number of hydrogen-bond acceptors (Lipinski definition) is 4. The van der Waals surface area contributed by atoms with Crippen molar-refractivity contribution >= 4 is 24.2 Å². The maximum absolute atomic E-state index is 12.2. The maximum atomic E-state index is 12.2. The predicted molar refractivity (Wildman–Crippen MR) is 88.3 cm³/mol. The van der Waals surface area contributed by atoms with Crippen molar-refractivity contribution in [2.45, 2.75) is 31.7 Å². The summed E-state index contributed by atoms with van der Waals surface area (Å²) in [6.07, 6.45) is 6.73. The summed E-state index contributed by atoms with van der Waals surface area (Å²) in [5, 5.41) is 2.96. The normalized spacial score (nSPS) is 19.8. The van der Waals surface area contributed by atoms with E-state index in [1.165, 1.54) is 25.4 Å². The molecule has 2 amide bonds. The Morgan fingerprint density at radius 2 is 2.00 bits per heavy atom. The van der Waals surface area contributed by atoms with Gasteiger partial charge in [0.05, 0.1) is 11.8 Å². The lowest BCUT2D eigenvalue weighted by molar-refractivity contribution is -0.126. The molecule has 1 aromatic rings. The number of hydrogen-bond donors (Lipinski definition) is 2. The molecule has 0 aromatic carbocycles. The average molecular weight is 342 g/mol. The van der Waals surface area contributed by atoms with E-state index in [0.717, 1.165) is 0 Å². The Morgan fingerprint density at radius 1 is 1.30 bits per heavy atom. The van der Waals surface area contributed by atoms with Crippen molar-refractivity contribution in [3.63, 3.8) is 0 Å². The Morgan fingerprint density at radius 3 is 2.57 bits per heavy atom. The minimum atomic E-state index is -0.0247. The number of carbonyl (C=O) groups is 2. The van der Waals surface area contributed by atoms with Gasteiger partial charge in [-0.05, 0) is 37.7 Å². The van der Waals surface area contributed by atoms with Crippen LogP contribution in [0.5, 0.6) is 0 Å². The number of nitrogens with one attached hydrogen (secondary N) is 1. The Bertz CT molecular complexity index is 523. The molecule has 3 N–H and O–H groups in total. The zero-order chi connectivity index (χ0) is 15.5. The molecule has 23 heavy (non-hydrogen) atoms. The summed E-state index contributed by atoms with van der Waals surface area (Å²) >= 11 is 0. The summed E-state index contributed by atoms with van der Waals surface area (Å²) in [7, 11) is 0. The van der Waals surface area contributed by atoms with Crippen molar-refractivity contribution in [2.24, 2.45) is 17.6 Å². The Kier molecular flexibility index (Phi) is 6.07. The molecular formula is C16H24ClN3O3. The van der Waals surface area contributed by atoms with Gasteiger partial charge in [-0.3, -0.25) is 9.59 Å². The fourth-order valence-corrected chi connectivity index (χ4v) is 2.97. The molecule has 128 valence electrons. The van der Waals surface area contributed by atoms with Gasteiger partial charge in [-0.1, -0.05) is 0 Å². The first-order valence-electron chi connectivity index (χ1n) is 8.00. The van der Waals surface area contributed by atoms with Gasteiger partial charge in [0.1, 0.15) is 6.26 Å². The van der Waals surface area contributed by atoms with E-state index in [2.05, 4.69) is 5.32 Å². The fraction of sp³-hybridized carbons (Fsp3) is 0.625. The van der Waals surface area contributed by atoms with Gasteiger partial charge in [-0.25, -0.2) is 0 Å². The van der Waals surface area contributed by atoms with Gasteiger partial charge in [0.25, 0.3) is 5.91 Å². The number of furan rings is 1. The first-order chi connectivity index (χ1) is 10.6. The molecule has 0 bridgehead atoms. The summed E-state index contributed by atoms with van der Waals surface area (Å²) in [5.74, 6) is 0.629. The number of halogens is 1. The average Bonchev–Trinajstić information content (AvgIpc) is 3.26. The van der Waals surface area contributed by atoms with Crippen LogP contribution in [-0.2, 0) is 4.79 Å². The van der Waals surface area contributed by atoms with Crippen molar-refractivity contribution in [1.82, 2.24) is 10.2 Å². The molecule has 6 nitrogen and oxygen atoms in total. The number of rotatable bonds is 5. The van der Waals surface area contributed by atoms with Crippen LogP contribution in [0.3, 0.4) is 0 Å². The number of nitrogens with two attached hydrogens (primary N) is 1. The van der Waals surface area contributed by atoms with Crippen LogP contribution < -0.4 is 11.1 Å². The van der Waals surface area contributed by atoms with E-state index in [0.29, 0.717) is 44.0 Å². The molecule has 1 aliphatic heterocycles. The molecular weight excluding hydrogens is 318 g/mol. The van der Waals surface area contributed by atoms with E-state index < -0.39 is 0 Å². The van der Waals surface area contributed by atoms with Crippen molar-refractivity contribution in [1.29, 1.82) is 0 Å². The fourth-order valence-electron chi connectivity index (χ4n) is 2.97. The molecule has 1 aliphatic carbocycles. The highest BCUT2D eigenvalue weighted by atomic mass is 35.5. The quantitative estimate of drug-likeness (QED) is 0.847. The molecule has 2 heterocycles. The number of carbonyl (C=O) groups excluding carboxylic acids is 2. The second kappa shape index (κ2) is 7.84. The van der Waals surface area contributed by atoms with E-state index >= 15 is 0 Å². The lowest BCUT2D eigenvalue weighted by Gasteiger charge is -2.31. The van der Waals surface area contributed by atoms with Crippen molar-refractivity contribution in [3.8, 4) is 0 Å². The predicted octanol–water partition coefficient (Wildman–Crippen LogP) is 1.41. The van der Waals surface area contributed by atoms with Gasteiger partial charge >= 0.3 is 0 Å². The van der Waals surface area contributed by atoms with Crippen LogP contribution in [0.15, 0.2) is 23.0 Å². The summed E-state index contributed by atoms with van der Waals surface area (Å²) < 4.78 is 4.94. The van der Waals surface area contributed by atoms with Crippen LogP contribution in [0.4, 0.5) is 0 Å². The summed E-state index contributed by atoms with van der Waals surface area (Å²) in [4.78, 5) is 26.1. The lowest BCUT2D eigenvalue weighted by atomic mass is 9.95. The third-order valence-corrected chi connectivity index (χ3v) is 4.66. The third kappa shape index (κ3) is 4.48. The zero-order valence-electron chi connectivity index (χ0n) is 13.1. The van der Waals surface area contributed by atoms with E-state index in [-0.39, 0.29) is 36.2 Å². The monoisotopic (exact) mass is 341 g/mol.